The van der Waals surface area contributed by atoms with Crippen LogP contribution in [0.25, 0.3) is 0 Å². The molecule has 4 rings (SSSR count). The van der Waals surface area contributed by atoms with E-state index in [1.807, 2.05) is 13.8 Å². The van der Waals surface area contributed by atoms with Crippen molar-refractivity contribution in [2.75, 3.05) is 7.11 Å². The Hall–Kier alpha value is -2.64. The highest BCUT2D eigenvalue weighted by Gasteiger charge is 2.67. The average molecular weight is 432 g/mol. The lowest BCUT2D eigenvalue weighted by Crippen LogP contribution is -2.64. The maximum Gasteiger partial charge on any atom is 0.310 e. The second kappa shape index (κ2) is 7.50. The fraction of sp³-hybridized carbons (Fsp3) is 0.652. The van der Waals surface area contributed by atoms with Crippen LogP contribution in [0.5, 0.6) is 0 Å². The third-order valence-electron chi connectivity index (χ3n) is 7.81. The molecule has 2 aliphatic carbocycles. The lowest BCUT2D eigenvalue weighted by atomic mass is 9.43. The Morgan fingerprint density at radius 3 is 2.55 bits per heavy atom. The molecule has 0 unspecified atom stereocenters. The lowest BCUT2D eigenvalue weighted by molar-refractivity contribution is -0.210. The van der Waals surface area contributed by atoms with Crippen LogP contribution in [0.4, 0.5) is 0 Å². The first kappa shape index (κ1) is 21.6. The Morgan fingerprint density at radius 2 is 1.94 bits per heavy atom. The van der Waals surface area contributed by atoms with Gasteiger partial charge < -0.3 is 18.6 Å². The first-order valence-corrected chi connectivity index (χ1v) is 10.6. The minimum absolute atomic E-state index is 0.0917. The minimum atomic E-state index is -1.04. The molecular formula is C23H28O8. The summed E-state index contributed by atoms with van der Waals surface area (Å²) in [7, 11) is 1.32. The van der Waals surface area contributed by atoms with Crippen LogP contribution in [-0.2, 0) is 33.4 Å². The number of carbonyl (C=O) groups is 4. The molecule has 168 valence electrons. The first-order valence-electron chi connectivity index (χ1n) is 10.6. The Balaban J connectivity index is 1.80. The van der Waals surface area contributed by atoms with Crippen LogP contribution in [0.1, 0.15) is 58.1 Å². The first-order chi connectivity index (χ1) is 14.6. The number of hydrogen-bond donors (Lipinski definition) is 0. The van der Waals surface area contributed by atoms with Crippen LogP contribution >= 0.6 is 0 Å². The number of methoxy groups -OCH3 is 1. The molecule has 0 N–H and O–H groups in total. The van der Waals surface area contributed by atoms with Gasteiger partial charge in [-0.3, -0.25) is 19.2 Å². The van der Waals surface area contributed by atoms with E-state index < -0.39 is 52.7 Å². The SMILES string of the molecule is COC(=O)[C@@H]1C[C@H](OC(C)=O)C(=O)[C@@H]2[C@]1(C)CC[C@H]1C(=O)O[C@H](c3ccoc3)C[C@]21C. The molecule has 3 fully saturated rings. The molecule has 3 aliphatic rings. The molecule has 1 saturated heterocycles. The van der Waals surface area contributed by atoms with Crippen LogP contribution in [0.15, 0.2) is 23.0 Å². The molecule has 0 radical (unpaired) electrons. The summed E-state index contributed by atoms with van der Waals surface area (Å²) in [6.07, 6.45) is 2.98. The normalized spacial score (nSPS) is 39.7. The molecule has 8 nitrogen and oxygen atoms in total. The van der Waals surface area contributed by atoms with Crippen molar-refractivity contribution in [3.63, 3.8) is 0 Å². The van der Waals surface area contributed by atoms with Crippen LogP contribution < -0.4 is 0 Å². The summed E-state index contributed by atoms with van der Waals surface area (Å²) in [5.41, 5.74) is -0.763. The smallest absolute Gasteiger partial charge is 0.310 e. The van der Waals surface area contributed by atoms with E-state index in [2.05, 4.69) is 0 Å². The van der Waals surface area contributed by atoms with Gasteiger partial charge in [-0.15, -0.1) is 0 Å². The highest BCUT2D eigenvalue weighted by molar-refractivity contribution is 5.93. The Morgan fingerprint density at radius 1 is 1.19 bits per heavy atom. The van der Waals surface area contributed by atoms with E-state index in [1.165, 1.54) is 26.6 Å². The van der Waals surface area contributed by atoms with Gasteiger partial charge in [0, 0.05) is 24.8 Å². The molecule has 0 spiro atoms. The van der Waals surface area contributed by atoms with Gasteiger partial charge in [0.1, 0.15) is 6.10 Å². The summed E-state index contributed by atoms with van der Waals surface area (Å²) < 4.78 is 21.3. The second-order valence-corrected chi connectivity index (χ2v) is 9.53. The predicted molar refractivity (Wildman–Crippen MR) is 105 cm³/mol. The zero-order chi connectivity index (χ0) is 22.6. The van der Waals surface area contributed by atoms with Crippen molar-refractivity contribution >= 4 is 23.7 Å². The number of esters is 3. The lowest BCUT2D eigenvalue weighted by Gasteiger charge is -2.60. The molecule has 0 bridgehead atoms. The Kier molecular flexibility index (Phi) is 5.22. The number of ketones is 1. The van der Waals surface area contributed by atoms with Crippen molar-refractivity contribution in [2.24, 2.45) is 28.6 Å². The van der Waals surface area contributed by atoms with E-state index in [1.54, 1.807) is 6.07 Å². The van der Waals surface area contributed by atoms with Gasteiger partial charge in [-0.25, -0.2) is 0 Å². The maximum atomic E-state index is 13.7. The maximum absolute atomic E-state index is 13.7. The van der Waals surface area contributed by atoms with Gasteiger partial charge in [0.05, 0.1) is 31.5 Å². The van der Waals surface area contributed by atoms with Gasteiger partial charge in [0.25, 0.3) is 0 Å². The summed E-state index contributed by atoms with van der Waals surface area (Å²) in [6, 6.07) is 1.74. The van der Waals surface area contributed by atoms with Gasteiger partial charge in [-0.1, -0.05) is 13.8 Å². The van der Waals surface area contributed by atoms with Crippen LogP contribution in [-0.4, -0.2) is 36.9 Å². The Labute approximate surface area is 180 Å². The van der Waals surface area contributed by atoms with Crippen molar-refractivity contribution in [1.29, 1.82) is 0 Å². The van der Waals surface area contributed by atoms with E-state index in [0.717, 1.165) is 5.56 Å². The van der Waals surface area contributed by atoms with Crippen molar-refractivity contribution in [1.82, 2.24) is 0 Å². The number of Topliss-reactive ketones (excluding diaryl/α,β-unsaturated/α-hetero) is 1. The van der Waals surface area contributed by atoms with E-state index in [4.69, 9.17) is 18.6 Å². The number of hydrogen-bond acceptors (Lipinski definition) is 8. The average Bonchev–Trinajstić information content (AvgIpc) is 3.23. The number of ether oxygens (including phenoxy) is 3. The number of rotatable bonds is 3. The van der Waals surface area contributed by atoms with E-state index in [-0.39, 0.29) is 18.2 Å². The topological polar surface area (TPSA) is 109 Å². The molecule has 0 aromatic carbocycles. The van der Waals surface area contributed by atoms with Gasteiger partial charge in [0.2, 0.25) is 0 Å². The van der Waals surface area contributed by atoms with Crippen molar-refractivity contribution < 1.29 is 37.8 Å². The van der Waals surface area contributed by atoms with Gasteiger partial charge in [-0.05, 0) is 36.2 Å². The summed E-state index contributed by atoms with van der Waals surface area (Å²) >= 11 is 0. The Bertz CT molecular complexity index is 905. The number of carbonyl (C=O) groups excluding carboxylic acids is 4. The van der Waals surface area contributed by atoms with Crippen molar-refractivity contribution in [3.05, 3.63) is 24.2 Å². The quantitative estimate of drug-likeness (QED) is 0.530. The summed E-state index contributed by atoms with van der Waals surface area (Å²) in [4.78, 5) is 51.2. The largest absolute Gasteiger partial charge is 0.472 e. The van der Waals surface area contributed by atoms with Crippen LogP contribution in [0, 0.1) is 28.6 Å². The number of furan rings is 1. The van der Waals surface area contributed by atoms with E-state index >= 15 is 0 Å². The molecule has 1 aromatic heterocycles. The molecule has 7 atom stereocenters. The molecule has 31 heavy (non-hydrogen) atoms. The molecule has 1 aromatic rings. The zero-order valence-electron chi connectivity index (χ0n) is 18.2. The third kappa shape index (κ3) is 3.27. The van der Waals surface area contributed by atoms with Crippen molar-refractivity contribution in [2.45, 2.75) is 58.7 Å². The molecule has 1 aliphatic heterocycles. The molecule has 2 saturated carbocycles. The van der Waals surface area contributed by atoms with E-state index in [9.17, 15) is 19.2 Å². The highest BCUT2D eigenvalue weighted by atomic mass is 16.6. The summed E-state index contributed by atoms with van der Waals surface area (Å²) in [5.74, 6) is -3.35. The van der Waals surface area contributed by atoms with Gasteiger partial charge in [-0.2, -0.15) is 0 Å². The number of cyclic esters (lactones) is 1. The van der Waals surface area contributed by atoms with E-state index in [0.29, 0.717) is 19.3 Å². The third-order valence-corrected chi connectivity index (χ3v) is 7.81. The standard InChI is InChI=1S/C23H28O8/c1-12(24)30-16-9-15(20(26)28-4)22(2)7-5-14-21(27)31-17(13-6-8-29-11-13)10-23(14,3)19(22)18(16)25/h6,8,11,14-17,19H,5,7,9-10H2,1-4H3/t14-,15-,16-,17-,19+,22+,23-/m0/s1. The second-order valence-electron chi connectivity index (χ2n) is 9.53. The van der Waals surface area contributed by atoms with Gasteiger partial charge in [0.15, 0.2) is 11.9 Å². The zero-order valence-corrected chi connectivity index (χ0v) is 18.2. The highest BCUT2D eigenvalue weighted by Crippen LogP contribution is 2.65. The molecule has 2 heterocycles. The fourth-order valence-electron chi connectivity index (χ4n) is 6.46. The monoisotopic (exact) mass is 432 g/mol. The molecular weight excluding hydrogens is 404 g/mol. The molecule has 0 amide bonds. The predicted octanol–water partition coefficient (Wildman–Crippen LogP) is 3.00. The van der Waals surface area contributed by atoms with Crippen LogP contribution in [0.2, 0.25) is 0 Å². The van der Waals surface area contributed by atoms with Crippen LogP contribution in [0.3, 0.4) is 0 Å². The summed E-state index contributed by atoms with van der Waals surface area (Å²) in [6.45, 7) is 5.09. The molecule has 8 heteroatoms. The van der Waals surface area contributed by atoms with Gasteiger partial charge >= 0.3 is 17.9 Å². The fourth-order valence-corrected chi connectivity index (χ4v) is 6.46. The number of fused-ring (bicyclic) bond motifs is 3. The van der Waals surface area contributed by atoms with Crippen molar-refractivity contribution in [3.8, 4) is 0 Å². The minimum Gasteiger partial charge on any atom is -0.472 e. The summed E-state index contributed by atoms with van der Waals surface area (Å²) in [5, 5.41) is 0.